The predicted molar refractivity (Wildman–Crippen MR) is 97.0 cm³/mol. The van der Waals surface area contributed by atoms with Crippen molar-refractivity contribution in [3.8, 4) is 0 Å². The third-order valence-electron chi connectivity index (χ3n) is 5.18. The van der Waals surface area contributed by atoms with E-state index in [1.165, 1.54) is 12.5 Å². The average molecular weight is 377 g/mol. The summed E-state index contributed by atoms with van der Waals surface area (Å²) in [6.45, 7) is 5.30. The molecule has 27 heavy (non-hydrogen) atoms. The SMILES string of the molecule is CC(=O)N1CCN(C(=O)CCN(C[C@@H]2CCCO2)C(=O)c2ccoc2)CC1. The lowest BCUT2D eigenvalue weighted by Gasteiger charge is -2.34. The smallest absolute Gasteiger partial charge is 0.257 e. The molecule has 3 rings (SSSR count). The van der Waals surface area contributed by atoms with Crippen LogP contribution in [0.5, 0.6) is 0 Å². The van der Waals surface area contributed by atoms with Gasteiger partial charge in [0.25, 0.3) is 5.91 Å². The number of carbonyl (C=O) groups is 3. The van der Waals surface area contributed by atoms with Crippen LogP contribution in [0.1, 0.15) is 36.5 Å². The van der Waals surface area contributed by atoms with Gasteiger partial charge in [0.15, 0.2) is 0 Å². The second-order valence-electron chi connectivity index (χ2n) is 7.04. The van der Waals surface area contributed by atoms with Crippen LogP contribution in [0, 0.1) is 0 Å². The summed E-state index contributed by atoms with van der Waals surface area (Å²) in [5.41, 5.74) is 0.482. The van der Waals surface area contributed by atoms with E-state index in [0.29, 0.717) is 44.8 Å². The molecule has 1 aromatic rings. The molecule has 0 radical (unpaired) electrons. The van der Waals surface area contributed by atoms with Gasteiger partial charge in [-0.25, -0.2) is 0 Å². The third kappa shape index (κ3) is 5.09. The zero-order valence-electron chi connectivity index (χ0n) is 15.8. The Morgan fingerprint density at radius 1 is 1.19 bits per heavy atom. The minimum atomic E-state index is -0.145. The average Bonchev–Trinajstić information content (AvgIpc) is 3.38. The lowest BCUT2D eigenvalue weighted by Crippen LogP contribution is -2.50. The molecule has 3 amide bonds. The van der Waals surface area contributed by atoms with Gasteiger partial charge in [-0.05, 0) is 18.9 Å². The fraction of sp³-hybridized carbons (Fsp3) is 0.632. The standard InChI is InChI=1S/C19H27N3O5/c1-15(23)20-7-9-21(10-8-20)18(24)4-6-22(13-17-3-2-11-27-17)19(25)16-5-12-26-14-16/h5,12,14,17H,2-4,6-11,13H2,1H3/t17-/m0/s1. The lowest BCUT2D eigenvalue weighted by atomic mass is 10.2. The van der Waals surface area contributed by atoms with Crippen molar-refractivity contribution in [2.45, 2.75) is 32.3 Å². The van der Waals surface area contributed by atoms with Crippen molar-refractivity contribution in [2.75, 3.05) is 45.9 Å². The van der Waals surface area contributed by atoms with Crippen LogP contribution in [-0.4, -0.2) is 84.4 Å². The van der Waals surface area contributed by atoms with E-state index in [4.69, 9.17) is 9.15 Å². The number of hydrogen-bond donors (Lipinski definition) is 0. The number of carbonyl (C=O) groups excluding carboxylic acids is 3. The van der Waals surface area contributed by atoms with Gasteiger partial charge in [0.05, 0.1) is 17.9 Å². The maximum absolute atomic E-state index is 12.7. The lowest BCUT2D eigenvalue weighted by molar-refractivity contribution is -0.138. The Kier molecular flexibility index (Phi) is 6.49. The molecule has 0 aromatic carbocycles. The van der Waals surface area contributed by atoms with E-state index in [0.717, 1.165) is 19.4 Å². The highest BCUT2D eigenvalue weighted by Gasteiger charge is 2.26. The summed E-state index contributed by atoms with van der Waals surface area (Å²) < 4.78 is 10.7. The maximum atomic E-state index is 12.7. The molecule has 148 valence electrons. The number of amides is 3. The van der Waals surface area contributed by atoms with Crippen LogP contribution in [-0.2, 0) is 14.3 Å². The number of hydrogen-bond acceptors (Lipinski definition) is 5. The molecule has 1 aromatic heterocycles. The third-order valence-corrected chi connectivity index (χ3v) is 5.18. The van der Waals surface area contributed by atoms with Gasteiger partial charge < -0.3 is 23.9 Å². The summed E-state index contributed by atoms with van der Waals surface area (Å²) >= 11 is 0. The van der Waals surface area contributed by atoms with Gasteiger partial charge in [-0.3, -0.25) is 14.4 Å². The molecule has 0 spiro atoms. The van der Waals surface area contributed by atoms with E-state index in [1.807, 2.05) is 0 Å². The van der Waals surface area contributed by atoms with E-state index < -0.39 is 0 Å². The summed E-state index contributed by atoms with van der Waals surface area (Å²) in [7, 11) is 0. The van der Waals surface area contributed by atoms with Crippen molar-refractivity contribution < 1.29 is 23.5 Å². The van der Waals surface area contributed by atoms with E-state index >= 15 is 0 Å². The summed E-state index contributed by atoms with van der Waals surface area (Å²) in [4.78, 5) is 41.9. The topological polar surface area (TPSA) is 83.3 Å². The zero-order chi connectivity index (χ0) is 19.2. The number of ether oxygens (including phenoxy) is 1. The second kappa shape index (κ2) is 9.03. The van der Waals surface area contributed by atoms with Crippen LogP contribution in [0.4, 0.5) is 0 Å². The number of rotatable bonds is 6. The fourth-order valence-corrected chi connectivity index (χ4v) is 3.54. The Balaban J connectivity index is 1.54. The molecular weight excluding hydrogens is 350 g/mol. The normalized spacial score (nSPS) is 20.0. The van der Waals surface area contributed by atoms with Crippen LogP contribution >= 0.6 is 0 Å². The molecule has 0 saturated carbocycles. The summed E-state index contributed by atoms with van der Waals surface area (Å²) in [5, 5.41) is 0. The molecule has 0 bridgehead atoms. The van der Waals surface area contributed by atoms with Gasteiger partial charge in [0.1, 0.15) is 6.26 Å². The van der Waals surface area contributed by atoms with Crippen LogP contribution in [0.25, 0.3) is 0 Å². The van der Waals surface area contributed by atoms with Crippen LogP contribution < -0.4 is 0 Å². The van der Waals surface area contributed by atoms with Crippen LogP contribution in [0.2, 0.25) is 0 Å². The molecular formula is C19H27N3O5. The molecule has 1 atom stereocenters. The first kappa shape index (κ1) is 19.4. The second-order valence-corrected chi connectivity index (χ2v) is 7.04. The first-order valence-corrected chi connectivity index (χ1v) is 9.51. The first-order chi connectivity index (χ1) is 13.0. The minimum absolute atomic E-state index is 0.00976. The van der Waals surface area contributed by atoms with E-state index in [1.54, 1.807) is 27.7 Å². The molecule has 8 heteroatoms. The number of furan rings is 1. The molecule has 2 saturated heterocycles. The Morgan fingerprint density at radius 2 is 1.93 bits per heavy atom. The van der Waals surface area contributed by atoms with E-state index in [-0.39, 0.29) is 30.2 Å². The largest absolute Gasteiger partial charge is 0.472 e. The molecule has 0 N–H and O–H groups in total. The van der Waals surface area contributed by atoms with E-state index in [9.17, 15) is 14.4 Å². The van der Waals surface area contributed by atoms with Crippen molar-refractivity contribution in [3.63, 3.8) is 0 Å². The predicted octanol–water partition coefficient (Wildman–Crippen LogP) is 0.982. The summed E-state index contributed by atoms with van der Waals surface area (Å²) in [6.07, 6.45) is 5.10. The quantitative estimate of drug-likeness (QED) is 0.738. The first-order valence-electron chi connectivity index (χ1n) is 9.51. The van der Waals surface area contributed by atoms with E-state index in [2.05, 4.69) is 0 Å². The van der Waals surface area contributed by atoms with Crippen molar-refractivity contribution in [2.24, 2.45) is 0 Å². The monoisotopic (exact) mass is 377 g/mol. The Morgan fingerprint density at radius 3 is 2.52 bits per heavy atom. The zero-order valence-corrected chi connectivity index (χ0v) is 15.8. The highest BCUT2D eigenvalue weighted by Crippen LogP contribution is 2.16. The van der Waals surface area contributed by atoms with Crippen LogP contribution in [0.15, 0.2) is 23.0 Å². The van der Waals surface area contributed by atoms with Crippen molar-refractivity contribution in [1.82, 2.24) is 14.7 Å². The Bertz CT molecular complexity index is 646. The molecule has 0 aliphatic carbocycles. The summed E-state index contributed by atoms with van der Waals surface area (Å²) in [5.74, 6) is -0.0977. The van der Waals surface area contributed by atoms with Gasteiger partial charge >= 0.3 is 0 Å². The summed E-state index contributed by atoms with van der Waals surface area (Å²) in [6, 6.07) is 1.63. The van der Waals surface area contributed by atoms with Gasteiger partial charge in [-0.2, -0.15) is 0 Å². The van der Waals surface area contributed by atoms with Gasteiger partial charge in [0.2, 0.25) is 11.8 Å². The molecule has 8 nitrogen and oxygen atoms in total. The molecule has 2 fully saturated rings. The van der Waals surface area contributed by atoms with Crippen molar-refractivity contribution >= 4 is 17.7 Å². The van der Waals surface area contributed by atoms with Crippen molar-refractivity contribution in [3.05, 3.63) is 24.2 Å². The van der Waals surface area contributed by atoms with Gasteiger partial charge in [-0.1, -0.05) is 0 Å². The Labute approximate surface area is 159 Å². The molecule has 3 heterocycles. The van der Waals surface area contributed by atoms with Crippen LogP contribution in [0.3, 0.4) is 0 Å². The molecule has 2 aliphatic heterocycles. The highest BCUT2D eigenvalue weighted by atomic mass is 16.5. The minimum Gasteiger partial charge on any atom is -0.472 e. The molecule has 0 unspecified atom stereocenters. The van der Waals surface area contributed by atoms with Gasteiger partial charge in [-0.15, -0.1) is 0 Å². The molecule has 2 aliphatic rings. The number of nitrogens with zero attached hydrogens (tertiary/aromatic N) is 3. The highest BCUT2D eigenvalue weighted by molar-refractivity contribution is 5.94. The number of piperazine rings is 1. The fourth-order valence-electron chi connectivity index (χ4n) is 3.54. The Hall–Kier alpha value is -2.35. The van der Waals surface area contributed by atoms with Gasteiger partial charge in [0, 0.05) is 59.2 Å². The maximum Gasteiger partial charge on any atom is 0.257 e. The van der Waals surface area contributed by atoms with Crippen molar-refractivity contribution in [1.29, 1.82) is 0 Å².